The van der Waals surface area contributed by atoms with Crippen LogP contribution in [0.5, 0.6) is 0 Å². The molecule has 2 heterocycles. The topological polar surface area (TPSA) is 63.9 Å². The van der Waals surface area contributed by atoms with Crippen molar-refractivity contribution in [3.8, 4) is 0 Å². The highest BCUT2D eigenvalue weighted by molar-refractivity contribution is 5.42. The predicted octanol–water partition coefficient (Wildman–Crippen LogP) is 0.496. The van der Waals surface area contributed by atoms with Crippen LogP contribution in [0.15, 0.2) is 6.20 Å². The molecule has 1 aromatic heterocycles. The summed E-state index contributed by atoms with van der Waals surface area (Å²) in [4.78, 5) is 0. The van der Waals surface area contributed by atoms with E-state index < -0.39 is 0 Å². The third-order valence-electron chi connectivity index (χ3n) is 2.02. The molecule has 1 aromatic rings. The average molecular weight is 153 g/mol. The summed E-state index contributed by atoms with van der Waals surface area (Å²) >= 11 is 0. The Bertz CT molecular complexity index is 240. The minimum absolute atomic E-state index is 0.404. The fraction of sp³-hybridized carbons (Fsp3) is 0.571. The van der Waals surface area contributed by atoms with Crippen LogP contribution in [-0.4, -0.2) is 23.4 Å². The highest BCUT2D eigenvalue weighted by Gasteiger charge is 2.21. The lowest BCUT2D eigenvalue weighted by atomic mass is 10.0. The molecule has 1 fully saturated rings. The van der Waals surface area contributed by atoms with Gasteiger partial charge in [0, 0.05) is 18.7 Å². The molecule has 0 radical (unpaired) electrons. The number of anilines is 1. The summed E-state index contributed by atoms with van der Waals surface area (Å²) in [6.45, 7) is 1.59. The molecule has 0 aromatic carbocycles. The van der Waals surface area contributed by atoms with Gasteiger partial charge < -0.3 is 10.5 Å². The number of hydrogen-bond acceptors (Lipinski definition) is 3. The van der Waals surface area contributed by atoms with Crippen molar-refractivity contribution < 1.29 is 4.74 Å². The van der Waals surface area contributed by atoms with Crippen molar-refractivity contribution in [2.75, 3.05) is 18.9 Å². The second kappa shape index (κ2) is 2.54. The molecular formula is C7H11N3O. The van der Waals surface area contributed by atoms with Gasteiger partial charge in [-0.05, 0) is 6.42 Å². The molecule has 0 bridgehead atoms. The Balaban J connectivity index is 2.21. The first-order chi connectivity index (χ1) is 5.38. The first-order valence-electron chi connectivity index (χ1n) is 3.75. The van der Waals surface area contributed by atoms with E-state index in [0.717, 1.165) is 31.0 Å². The van der Waals surface area contributed by atoms with E-state index in [2.05, 4.69) is 10.2 Å². The van der Waals surface area contributed by atoms with Gasteiger partial charge in [0.2, 0.25) is 0 Å². The number of nitrogen functional groups attached to an aromatic ring is 1. The molecule has 1 aliphatic heterocycles. The summed E-state index contributed by atoms with van der Waals surface area (Å²) in [5.74, 6) is 0.404. The second-order valence-electron chi connectivity index (χ2n) is 2.79. The van der Waals surface area contributed by atoms with E-state index in [1.807, 2.05) is 0 Å². The smallest absolute Gasteiger partial charge is 0.0905 e. The molecular weight excluding hydrogens is 142 g/mol. The Kier molecular flexibility index (Phi) is 1.54. The number of rotatable bonds is 1. The fourth-order valence-corrected chi connectivity index (χ4v) is 1.39. The van der Waals surface area contributed by atoms with Crippen molar-refractivity contribution in [2.45, 2.75) is 12.3 Å². The molecule has 3 N–H and O–H groups in total. The van der Waals surface area contributed by atoms with E-state index in [-0.39, 0.29) is 0 Å². The maximum atomic E-state index is 5.67. The molecule has 0 spiro atoms. The Labute approximate surface area is 64.7 Å². The third kappa shape index (κ3) is 1.09. The van der Waals surface area contributed by atoms with Crippen molar-refractivity contribution in [3.05, 3.63) is 11.9 Å². The molecule has 1 saturated heterocycles. The molecule has 0 amide bonds. The Morgan fingerprint density at radius 1 is 1.73 bits per heavy atom. The van der Waals surface area contributed by atoms with Gasteiger partial charge in [-0.25, -0.2) is 0 Å². The zero-order valence-corrected chi connectivity index (χ0v) is 6.21. The van der Waals surface area contributed by atoms with E-state index in [0.29, 0.717) is 5.92 Å². The van der Waals surface area contributed by atoms with Crippen molar-refractivity contribution in [1.29, 1.82) is 0 Å². The quantitative estimate of drug-likeness (QED) is 0.617. The second-order valence-corrected chi connectivity index (χ2v) is 2.79. The molecule has 4 heteroatoms. The monoisotopic (exact) mass is 153 g/mol. The number of aromatic nitrogens is 2. The Morgan fingerprint density at radius 3 is 3.18 bits per heavy atom. The van der Waals surface area contributed by atoms with Gasteiger partial charge in [-0.2, -0.15) is 5.10 Å². The Morgan fingerprint density at radius 2 is 2.64 bits per heavy atom. The normalized spacial score (nSPS) is 24.2. The average Bonchev–Trinajstić information content (AvgIpc) is 2.55. The molecule has 4 nitrogen and oxygen atoms in total. The lowest BCUT2D eigenvalue weighted by Gasteiger charge is -2.02. The van der Waals surface area contributed by atoms with E-state index in [1.54, 1.807) is 6.20 Å². The number of aromatic amines is 1. The summed E-state index contributed by atoms with van der Waals surface area (Å²) in [7, 11) is 0. The lowest BCUT2D eigenvalue weighted by molar-refractivity contribution is 0.193. The summed E-state index contributed by atoms with van der Waals surface area (Å²) in [6.07, 6.45) is 2.75. The van der Waals surface area contributed by atoms with Crippen LogP contribution in [0.1, 0.15) is 18.0 Å². The predicted molar refractivity (Wildman–Crippen MR) is 41.2 cm³/mol. The van der Waals surface area contributed by atoms with Crippen LogP contribution in [0.2, 0.25) is 0 Å². The minimum Gasteiger partial charge on any atom is -0.396 e. The number of nitrogens with two attached hydrogens (primary N) is 1. The molecule has 1 atom stereocenters. The van der Waals surface area contributed by atoms with Crippen molar-refractivity contribution in [3.63, 3.8) is 0 Å². The number of hydrogen-bond donors (Lipinski definition) is 2. The molecule has 0 saturated carbocycles. The fourth-order valence-electron chi connectivity index (χ4n) is 1.39. The van der Waals surface area contributed by atoms with Gasteiger partial charge in [-0.1, -0.05) is 0 Å². The van der Waals surface area contributed by atoms with Gasteiger partial charge in [0.05, 0.1) is 18.0 Å². The van der Waals surface area contributed by atoms with E-state index in [9.17, 15) is 0 Å². The highest BCUT2D eigenvalue weighted by Crippen LogP contribution is 2.26. The molecule has 1 aliphatic rings. The first-order valence-corrected chi connectivity index (χ1v) is 3.75. The number of ether oxygens (including phenoxy) is 1. The summed E-state index contributed by atoms with van der Waals surface area (Å²) < 4.78 is 5.23. The van der Waals surface area contributed by atoms with Gasteiger partial charge in [0.25, 0.3) is 0 Å². The maximum absolute atomic E-state index is 5.67. The van der Waals surface area contributed by atoms with Crippen molar-refractivity contribution in [2.24, 2.45) is 0 Å². The highest BCUT2D eigenvalue weighted by atomic mass is 16.5. The minimum atomic E-state index is 0.404. The number of nitrogens with one attached hydrogen (secondary N) is 1. The van der Waals surface area contributed by atoms with Crippen LogP contribution in [0.4, 0.5) is 5.69 Å². The number of H-pyrrole nitrogens is 1. The van der Waals surface area contributed by atoms with Gasteiger partial charge in [0.1, 0.15) is 0 Å². The van der Waals surface area contributed by atoms with Crippen LogP contribution in [0.25, 0.3) is 0 Å². The van der Waals surface area contributed by atoms with Gasteiger partial charge >= 0.3 is 0 Å². The van der Waals surface area contributed by atoms with E-state index >= 15 is 0 Å². The SMILES string of the molecule is Nc1c[nH]nc1[C@H]1CCOC1. The summed E-state index contributed by atoms with van der Waals surface area (Å²) in [5.41, 5.74) is 7.38. The molecule has 2 rings (SSSR count). The van der Waals surface area contributed by atoms with Gasteiger partial charge in [-0.15, -0.1) is 0 Å². The van der Waals surface area contributed by atoms with Crippen LogP contribution >= 0.6 is 0 Å². The van der Waals surface area contributed by atoms with Crippen LogP contribution in [0.3, 0.4) is 0 Å². The van der Waals surface area contributed by atoms with E-state index in [1.165, 1.54) is 0 Å². The summed E-state index contributed by atoms with van der Waals surface area (Å²) in [5, 5.41) is 6.81. The lowest BCUT2D eigenvalue weighted by Crippen LogP contribution is -2.01. The Hall–Kier alpha value is -1.03. The first kappa shape index (κ1) is 6.67. The van der Waals surface area contributed by atoms with Gasteiger partial charge in [0.15, 0.2) is 0 Å². The van der Waals surface area contributed by atoms with E-state index in [4.69, 9.17) is 10.5 Å². The van der Waals surface area contributed by atoms with Crippen LogP contribution < -0.4 is 5.73 Å². The number of nitrogens with zero attached hydrogens (tertiary/aromatic N) is 1. The molecule has 0 aliphatic carbocycles. The maximum Gasteiger partial charge on any atom is 0.0905 e. The van der Waals surface area contributed by atoms with Gasteiger partial charge in [-0.3, -0.25) is 5.10 Å². The van der Waals surface area contributed by atoms with Crippen LogP contribution in [-0.2, 0) is 4.74 Å². The zero-order valence-electron chi connectivity index (χ0n) is 6.21. The summed E-state index contributed by atoms with van der Waals surface area (Å²) in [6, 6.07) is 0. The zero-order chi connectivity index (χ0) is 7.68. The third-order valence-corrected chi connectivity index (χ3v) is 2.02. The van der Waals surface area contributed by atoms with Crippen molar-refractivity contribution >= 4 is 5.69 Å². The largest absolute Gasteiger partial charge is 0.396 e. The standard InChI is InChI=1S/C7H11N3O/c8-6-3-9-10-7(6)5-1-2-11-4-5/h3,5H,1-2,4,8H2,(H,9,10)/t5-/m0/s1. The van der Waals surface area contributed by atoms with Crippen molar-refractivity contribution in [1.82, 2.24) is 10.2 Å². The molecule has 60 valence electrons. The van der Waals surface area contributed by atoms with Crippen LogP contribution in [0, 0.1) is 0 Å². The molecule has 0 unspecified atom stereocenters. The molecule has 11 heavy (non-hydrogen) atoms.